The third kappa shape index (κ3) is 6.82. The Labute approximate surface area is 209 Å². The first kappa shape index (κ1) is 25.2. The van der Waals surface area contributed by atoms with Crippen molar-refractivity contribution in [3.05, 3.63) is 65.7 Å². The monoisotopic (exact) mass is 474 g/mol. The highest BCUT2D eigenvalue weighted by Gasteiger charge is 2.28. The SMILES string of the molecule is CC(C)(c1ccccc1)c1ccc(OC(=O)NC2CCC(CC3CCC(N=C=O)CC3)CC2)cc1. The largest absolute Gasteiger partial charge is 0.412 e. The van der Waals surface area contributed by atoms with E-state index in [9.17, 15) is 9.59 Å². The fraction of sp³-hybridized carbons (Fsp3) is 0.533. The number of nitrogens with zero attached hydrogens (tertiary/aromatic N) is 1. The van der Waals surface area contributed by atoms with Crippen LogP contribution in [-0.2, 0) is 10.2 Å². The Balaban J connectivity index is 1.19. The van der Waals surface area contributed by atoms with Crippen molar-refractivity contribution in [2.24, 2.45) is 16.8 Å². The molecule has 0 radical (unpaired) electrons. The number of carbonyl (C=O) groups excluding carboxylic acids is 2. The van der Waals surface area contributed by atoms with Gasteiger partial charge in [0.25, 0.3) is 0 Å². The van der Waals surface area contributed by atoms with E-state index in [0.29, 0.717) is 5.75 Å². The van der Waals surface area contributed by atoms with E-state index in [1.165, 1.54) is 30.4 Å². The second-order valence-corrected chi connectivity index (χ2v) is 10.9. The first-order valence-corrected chi connectivity index (χ1v) is 13.2. The van der Waals surface area contributed by atoms with Gasteiger partial charge in [0.2, 0.25) is 6.08 Å². The van der Waals surface area contributed by atoms with E-state index >= 15 is 0 Å². The highest BCUT2D eigenvalue weighted by atomic mass is 16.6. The average Bonchev–Trinajstić information content (AvgIpc) is 2.87. The Morgan fingerprint density at radius 2 is 1.46 bits per heavy atom. The summed E-state index contributed by atoms with van der Waals surface area (Å²) in [6, 6.07) is 18.7. The summed E-state index contributed by atoms with van der Waals surface area (Å²) in [5, 5.41) is 3.07. The quantitative estimate of drug-likeness (QED) is 0.349. The van der Waals surface area contributed by atoms with Crippen LogP contribution in [-0.4, -0.2) is 24.3 Å². The molecule has 2 aromatic carbocycles. The van der Waals surface area contributed by atoms with Gasteiger partial charge < -0.3 is 10.1 Å². The number of nitrogens with one attached hydrogen (secondary N) is 1. The molecule has 0 atom stereocenters. The van der Waals surface area contributed by atoms with Crippen molar-refractivity contribution in [2.75, 3.05) is 0 Å². The zero-order chi connectivity index (χ0) is 24.7. The number of amides is 1. The molecule has 2 aliphatic carbocycles. The standard InChI is InChI=1S/C30H38N2O3/c1-30(2,24-6-4-3-5-7-24)25-12-18-28(19-13-25)35-29(34)32-27-16-10-23(11-17-27)20-22-8-14-26(15-9-22)31-21-33/h3-7,12-13,18-19,22-23,26-27H,8-11,14-17,20H2,1-2H3,(H,32,34). The van der Waals surface area contributed by atoms with Gasteiger partial charge in [0, 0.05) is 11.5 Å². The highest BCUT2D eigenvalue weighted by Crippen LogP contribution is 2.36. The Morgan fingerprint density at radius 3 is 2.06 bits per heavy atom. The summed E-state index contributed by atoms with van der Waals surface area (Å²) in [5.41, 5.74) is 2.31. The second kappa shape index (κ2) is 11.7. The summed E-state index contributed by atoms with van der Waals surface area (Å²) in [5.74, 6) is 2.06. The maximum Gasteiger partial charge on any atom is 0.412 e. The lowest BCUT2D eigenvalue weighted by molar-refractivity contribution is 0.181. The second-order valence-electron chi connectivity index (χ2n) is 10.9. The van der Waals surface area contributed by atoms with Gasteiger partial charge in [0.05, 0.1) is 6.04 Å². The first-order valence-electron chi connectivity index (χ1n) is 13.2. The van der Waals surface area contributed by atoms with Crippen molar-refractivity contribution in [1.29, 1.82) is 0 Å². The average molecular weight is 475 g/mol. The lowest BCUT2D eigenvalue weighted by atomic mass is 9.76. The summed E-state index contributed by atoms with van der Waals surface area (Å²) < 4.78 is 5.58. The molecule has 2 saturated carbocycles. The Morgan fingerprint density at radius 1 is 0.886 bits per heavy atom. The lowest BCUT2D eigenvalue weighted by Crippen LogP contribution is -2.39. The molecule has 5 heteroatoms. The van der Waals surface area contributed by atoms with Crippen molar-refractivity contribution in [3.8, 4) is 5.75 Å². The molecule has 4 rings (SSSR count). The van der Waals surface area contributed by atoms with Crippen LogP contribution in [0.25, 0.3) is 0 Å². The molecule has 2 aromatic rings. The van der Waals surface area contributed by atoms with Crippen LogP contribution in [0.2, 0.25) is 0 Å². The van der Waals surface area contributed by atoms with Crippen LogP contribution >= 0.6 is 0 Å². The van der Waals surface area contributed by atoms with E-state index in [1.807, 2.05) is 30.3 Å². The normalized spacial score (nSPS) is 24.7. The zero-order valence-corrected chi connectivity index (χ0v) is 21.0. The number of isocyanates is 1. The van der Waals surface area contributed by atoms with Crippen LogP contribution in [0.3, 0.4) is 0 Å². The summed E-state index contributed by atoms with van der Waals surface area (Å²) in [6.07, 6.45) is 11.3. The maximum atomic E-state index is 12.5. The van der Waals surface area contributed by atoms with Crippen LogP contribution in [0.4, 0.5) is 4.79 Å². The predicted molar refractivity (Wildman–Crippen MR) is 138 cm³/mol. The molecule has 2 fully saturated rings. The van der Waals surface area contributed by atoms with Gasteiger partial charge in [-0.25, -0.2) is 14.6 Å². The van der Waals surface area contributed by atoms with Crippen molar-refractivity contribution in [2.45, 2.75) is 89.1 Å². The van der Waals surface area contributed by atoms with E-state index in [0.717, 1.165) is 50.4 Å². The third-order valence-corrected chi connectivity index (χ3v) is 8.17. The molecule has 2 aliphatic rings. The van der Waals surface area contributed by atoms with E-state index in [-0.39, 0.29) is 23.6 Å². The van der Waals surface area contributed by atoms with Gasteiger partial charge >= 0.3 is 6.09 Å². The van der Waals surface area contributed by atoms with Gasteiger partial charge in [-0.1, -0.05) is 56.3 Å². The van der Waals surface area contributed by atoms with Gasteiger partial charge in [-0.05, 0) is 92.9 Å². The molecule has 35 heavy (non-hydrogen) atoms. The molecule has 0 spiro atoms. The number of rotatable bonds is 7. The smallest absolute Gasteiger partial charge is 0.410 e. The van der Waals surface area contributed by atoms with E-state index in [4.69, 9.17) is 4.74 Å². The van der Waals surface area contributed by atoms with Crippen LogP contribution < -0.4 is 10.1 Å². The molecule has 1 N–H and O–H groups in total. The van der Waals surface area contributed by atoms with Crippen LogP contribution in [0.1, 0.15) is 82.8 Å². The summed E-state index contributed by atoms with van der Waals surface area (Å²) >= 11 is 0. The van der Waals surface area contributed by atoms with E-state index in [2.05, 4.69) is 48.4 Å². The minimum absolute atomic E-state index is 0.122. The van der Waals surface area contributed by atoms with E-state index < -0.39 is 0 Å². The first-order chi connectivity index (χ1) is 16.9. The molecule has 0 aromatic heterocycles. The molecular formula is C30H38N2O3. The minimum Gasteiger partial charge on any atom is -0.410 e. The predicted octanol–water partition coefficient (Wildman–Crippen LogP) is 6.94. The van der Waals surface area contributed by atoms with Gasteiger partial charge in [-0.2, -0.15) is 0 Å². The number of hydrogen-bond donors (Lipinski definition) is 1. The van der Waals surface area contributed by atoms with Gasteiger partial charge in [-0.15, -0.1) is 0 Å². The van der Waals surface area contributed by atoms with Gasteiger partial charge in [-0.3, -0.25) is 0 Å². The lowest BCUT2D eigenvalue weighted by Gasteiger charge is -2.33. The van der Waals surface area contributed by atoms with Crippen molar-refractivity contribution < 1.29 is 14.3 Å². The molecule has 0 saturated heterocycles. The fourth-order valence-electron chi connectivity index (χ4n) is 5.86. The maximum absolute atomic E-state index is 12.5. The fourth-order valence-corrected chi connectivity index (χ4v) is 5.86. The summed E-state index contributed by atoms with van der Waals surface area (Å²) in [4.78, 5) is 26.8. The Kier molecular flexibility index (Phi) is 8.41. The van der Waals surface area contributed by atoms with Crippen LogP contribution in [0.15, 0.2) is 59.6 Å². The number of aliphatic imine (C=N–C) groups is 1. The molecular weight excluding hydrogens is 436 g/mol. The van der Waals surface area contributed by atoms with Crippen LogP contribution in [0.5, 0.6) is 5.75 Å². The molecule has 186 valence electrons. The molecule has 0 unspecified atom stereocenters. The summed E-state index contributed by atoms with van der Waals surface area (Å²) in [7, 11) is 0. The number of hydrogen-bond acceptors (Lipinski definition) is 4. The van der Waals surface area contributed by atoms with Crippen molar-refractivity contribution in [3.63, 3.8) is 0 Å². The molecule has 0 heterocycles. The minimum atomic E-state index is -0.363. The number of benzene rings is 2. The third-order valence-electron chi connectivity index (χ3n) is 8.17. The number of carbonyl (C=O) groups is 1. The van der Waals surface area contributed by atoms with Gasteiger partial charge in [0.15, 0.2) is 0 Å². The molecule has 5 nitrogen and oxygen atoms in total. The van der Waals surface area contributed by atoms with E-state index in [1.54, 1.807) is 6.08 Å². The van der Waals surface area contributed by atoms with Gasteiger partial charge in [0.1, 0.15) is 5.75 Å². The zero-order valence-electron chi connectivity index (χ0n) is 21.0. The Hall–Kier alpha value is -2.91. The molecule has 0 bridgehead atoms. The summed E-state index contributed by atoms with van der Waals surface area (Å²) in [6.45, 7) is 4.41. The number of ether oxygens (including phenoxy) is 1. The molecule has 0 aliphatic heterocycles. The van der Waals surface area contributed by atoms with Crippen molar-refractivity contribution in [1.82, 2.24) is 5.32 Å². The topological polar surface area (TPSA) is 67.8 Å². The molecule has 1 amide bonds. The highest BCUT2D eigenvalue weighted by molar-refractivity contribution is 5.70. The van der Waals surface area contributed by atoms with Crippen LogP contribution in [0, 0.1) is 11.8 Å². The Bertz CT molecular complexity index is 996. The van der Waals surface area contributed by atoms with Crippen molar-refractivity contribution >= 4 is 12.2 Å².